The molecule has 0 unspecified atom stereocenters. The molecule has 2 aromatic rings. The van der Waals surface area contributed by atoms with Gasteiger partial charge in [0, 0.05) is 12.7 Å². The van der Waals surface area contributed by atoms with Crippen LogP contribution in [0, 0.1) is 0 Å². The third kappa shape index (κ3) is 5.46. The summed E-state index contributed by atoms with van der Waals surface area (Å²) < 4.78 is 16.3. The van der Waals surface area contributed by atoms with Crippen LogP contribution >= 0.6 is 27.3 Å². The minimum atomic E-state index is -0.615. The number of thiophene rings is 1. The number of carbonyl (C=O) groups is 2. The Labute approximate surface area is 170 Å². The van der Waals surface area contributed by atoms with Gasteiger partial charge in [-0.15, -0.1) is 11.3 Å². The van der Waals surface area contributed by atoms with E-state index in [2.05, 4.69) is 21.2 Å². The Morgan fingerprint density at radius 1 is 1.26 bits per heavy atom. The molecule has 2 rings (SSSR count). The van der Waals surface area contributed by atoms with Crippen LogP contribution in [0.25, 0.3) is 10.4 Å². The van der Waals surface area contributed by atoms with E-state index >= 15 is 0 Å². The third-order valence-corrected chi connectivity index (χ3v) is 5.57. The van der Waals surface area contributed by atoms with Crippen LogP contribution < -0.4 is 10.1 Å². The van der Waals surface area contributed by atoms with E-state index in [-0.39, 0.29) is 17.2 Å². The van der Waals surface area contributed by atoms with E-state index < -0.39 is 17.5 Å². The van der Waals surface area contributed by atoms with Gasteiger partial charge in [-0.3, -0.25) is 0 Å². The molecule has 0 fully saturated rings. The van der Waals surface area contributed by atoms with Gasteiger partial charge in [0.2, 0.25) is 0 Å². The van der Waals surface area contributed by atoms with E-state index in [0.717, 1.165) is 16.1 Å². The van der Waals surface area contributed by atoms with Crippen LogP contribution in [0.5, 0.6) is 5.75 Å². The van der Waals surface area contributed by atoms with Crippen molar-refractivity contribution in [3.05, 3.63) is 33.6 Å². The minimum Gasteiger partial charge on any atom is -0.479 e. The Balaban J connectivity index is 2.36. The zero-order valence-electron chi connectivity index (χ0n) is 15.8. The van der Waals surface area contributed by atoms with Crippen molar-refractivity contribution in [3.63, 3.8) is 0 Å². The molecule has 8 heteroatoms. The first kappa shape index (κ1) is 21.2. The van der Waals surface area contributed by atoms with Crippen molar-refractivity contribution < 1.29 is 23.8 Å². The van der Waals surface area contributed by atoms with Gasteiger partial charge < -0.3 is 19.5 Å². The molecule has 0 amide bonds. The topological polar surface area (TPSA) is 73.9 Å². The summed E-state index contributed by atoms with van der Waals surface area (Å²) in [5, 5.41) is 3.08. The Bertz CT molecular complexity index is 841. The second-order valence-electron chi connectivity index (χ2n) is 6.60. The van der Waals surface area contributed by atoms with E-state index in [1.165, 1.54) is 18.4 Å². The third-order valence-electron chi connectivity index (χ3n) is 3.35. The summed E-state index contributed by atoms with van der Waals surface area (Å²) >= 11 is 4.73. The largest absolute Gasteiger partial charge is 0.479 e. The molecule has 1 aromatic heterocycles. The zero-order valence-corrected chi connectivity index (χ0v) is 18.2. The number of benzene rings is 1. The average Bonchev–Trinajstić information content (AvgIpc) is 2.94. The fraction of sp³-hybridized carbons (Fsp3) is 0.368. The molecule has 146 valence electrons. The fourth-order valence-corrected chi connectivity index (χ4v) is 4.22. The van der Waals surface area contributed by atoms with Crippen molar-refractivity contribution in [1.29, 1.82) is 0 Å². The summed E-state index contributed by atoms with van der Waals surface area (Å²) in [7, 11) is 3.13. The molecule has 6 nitrogen and oxygen atoms in total. The van der Waals surface area contributed by atoms with E-state index in [4.69, 9.17) is 14.2 Å². The Hall–Kier alpha value is -2.06. The minimum absolute atomic E-state index is 0.266. The number of ether oxygens (including phenoxy) is 3. The van der Waals surface area contributed by atoms with Crippen LogP contribution in [0.3, 0.4) is 0 Å². The standard InChI is InChI=1S/C19H22BrNO5S/c1-19(2,3)26-13(22)10-25-15-14(20)16(27-17(15)18(23)24-5)11-7-6-8-12(9-11)21-4/h6-9,21H,10H2,1-5H3. The molecule has 1 N–H and O–H groups in total. The summed E-state index contributed by atoms with van der Waals surface area (Å²) in [6.45, 7) is 5.01. The molecular weight excluding hydrogens is 434 g/mol. The lowest BCUT2D eigenvalue weighted by molar-refractivity contribution is -0.157. The number of carbonyl (C=O) groups excluding carboxylic acids is 2. The summed E-state index contributed by atoms with van der Waals surface area (Å²) in [6.07, 6.45) is 0. The molecule has 0 aliphatic rings. The van der Waals surface area contributed by atoms with Crippen LogP contribution in [-0.4, -0.2) is 38.3 Å². The van der Waals surface area contributed by atoms with Crippen molar-refractivity contribution in [2.45, 2.75) is 26.4 Å². The Morgan fingerprint density at radius 2 is 1.96 bits per heavy atom. The van der Waals surface area contributed by atoms with Gasteiger partial charge in [0.05, 0.1) is 16.5 Å². The second-order valence-corrected chi connectivity index (χ2v) is 8.41. The Kier molecular flexibility index (Phi) is 6.89. The highest BCUT2D eigenvalue weighted by Gasteiger charge is 2.26. The van der Waals surface area contributed by atoms with E-state index in [0.29, 0.717) is 4.47 Å². The maximum absolute atomic E-state index is 12.2. The Morgan fingerprint density at radius 3 is 2.56 bits per heavy atom. The predicted octanol–water partition coefficient (Wildman–Crippen LogP) is 4.73. The fourth-order valence-electron chi connectivity index (χ4n) is 2.26. The second kappa shape index (κ2) is 8.75. The molecule has 0 aliphatic heterocycles. The number of halogens is 1. The SMILES string of the molecule is CNc1cccc(-c2sc(C(=O)OC)c(OCC(=O)OC(C)(C)C)c2Br)c1. The highest BCUT2D eigenvalue weighted by Crippen LogP contribution is 2.46. The van der Waals surface area contributed by atoms with E-state index in [1.54, 1.807) is 20.8 Å². The maximum atomic E-state index is 12.2. The molecule has 0 saturated carbocycles. The molecule has 1 heterocycles. The highest BCUT2D eigenvalue weighted by atomic mass is 79.9. The normalized spacial score (nSPS) is 11.0. The number of hydrogen-bond donors (Lipinski definition) is 1. The van der Waals surface area contributed by atoms with Crippen LogP contribution in [-0.2, 0) is 14.3 Å². The van der Waals surface area contributed by atoms with Gasteiger partial charge in [0.15, 0.2) is 17.2 Å². The summed E-state index contributed by atoms with van der Waals surface area (Å²) in [4.78, 5) is 25.2. The van der Waals surface area contributed by atoms with Crippen molar-refractivity contribution in [2.24, 2.45) is 0 Å². The lowest BCUT2D eigenvalue weighted by Crippen LogP contribution is -2.27. The maximum Gasteiger partial charge on any atom is 0.351 e. The van der Waals surface area contributed by atoms with Crippen LogP contribution in [0.15, 0.2) is 28.7 Å². The smallest absolute Gasteiger partial charge is 0.351 e. The lowest BCUT2D eigenvalue weighted by Gasteiger charge is -2.19. The van der Waals surface area contributed by atoms with Gasteiger partial charge >= 0.3 is 11.9 Å². The van der Waals surface area contributed by atoms with Crippen LogP contribution in [0.1, 0.15) is 30.4 Å². The van der Waals surface area contributed by atoms with Crippen LogP contribution in [0.2, 0.25) is 0 Å². The number of anilines is 1. The molecule has 0 spiro atoms. The molecule has 1 aromatic carbocycles. The van der Waals surface area contributed by atoms with Gasteiger partial charge in [0.25, 0.3) is 0 Å². The highest BCUT2D eigenvalue weighted by molar-refractivity contribution is 9.10. The predicted molar refractivity (Wildman–Crippen MR) is 110 cm³/mol. The average molecular weight is 456 g/mol. The van der Waals surface area contributed by atoms with Gasteiger partial charge in [0.1, 0.15) is 5.60 Å². The first-order valence-corrected chi connectivity index (χ1v) is 9.80. The number of rotatable bonds is 6. The lowest BCUT2D eigenvalue weighted by atomic mass is 10.1. The molecular formula is C19H22BrNO5S. The van der Waals surface area contributed by atoms with Crippen molar-refractivity contribution in [2.75, 3.05) is 26.1 Å². The summed E-state index contributed by atoms with van der Waals surface area (Å²) in [5.74, 6) is -0.784. The molecule has 0 aliphatic carbocycles. The van der Waals surface area contributed by atoms with Crippen molar-refractivity contribution >= 4 is 44.9 Å². The summed E-state index contributed by atoms with van der Waals surface area (Å²) in [5.41, 5.74) is 1.22. The van der Waals surface area contributed by atoms with Gasteiger partial charge in [-0.05, 0) is 54.4 Å². The van der Waals surface area contributed by atoms with Crippen molar-refractivity contribution in [3.8, 4) is 16.2 Å². The number of hydrogen-bond acceptors (Lipinski definition) is 7. The van der Waals surface area contributed by atoms with Gasteiger partial charge in [-0.25, -0.2) is 9.59 Å². The van der Waals surface area contributed by atoms with Crippen LogP contribution in [0.4, 0.5) is 5.69 Å². The van der Waals surface area contributed by atoms with Gasteiger partial charge in [-0.2, -0.15) is 0 Å². The van der Waals surface area contributed by atoms with Gasteiger partial charge in [-0.1, -0.05) is 12.1 Å². The summed E-state index contributed by atoms with van der Waals surface area (Å²) in [6, 6.07) is 7.73. The first-order chi connectivity index (χ1) is 12.7. The number of nitrogens with one attached hydrogen (secondary N) is 1. The zero-order chi connectivity index (χ0) is 20.2. The number of methoxy groups -OCH3 is 1. The van der Waals surface area contributed by atoms with E-state index in [1.807, 2.05) is 31.3 Å². The monoisotopic (exact) mass is 455 g/mol. The molecule has 0 atom stereocenters. The molecule has 0 radical (unpaired) electrons. The quantitative estimate of drug-likeness (QED) is 0.634. The first-order valence-electron chi connectivity index (χ1n) is 8.19. The number of esters is 2. The molecule has 0 saturated heterocycles. The van der Waals surface area contributed by atoms with Crippen molar-refractivity contribution in [1.82, 2.24) is 0 Å². The molecule has 27 heavy (non-hydrogen) atoms. The molecule has 0 bridgehead atoms. The van der Waals surface area contributed by atoms with E-state index in [9.17, 15) is 9.59 Å².